The van der Waals surface area contributed by atoms with E-state index in [0.717, 1.165) is 16.0 Å². The number of esters is 1. The zero-order valence-corrected chi connectivity index (χ0v) is 10.8. The molecule has 2 aromatic rings. The Morgan fingerprint density at radius 3 is 2.94 bits per heavy atom. The molecule has 1 heterocycles. The summed E-state index contributed by atoms with van der Waals surface area (Å²) in [5.41, 5.74) is 2.04. The van der Waals surface area contributed by atoms with E-state index in [0.29, 0.717) is 11.4 Å². The summed E-state index contributed by atoms with van der Waals surface area (Å²) >= 11 is 7.54. The van der Waals surface area contributed by atoms with E-state index in [9.17, 15) is 4.79 Å². The first-order chi connectivity index (χ1) is 8.19. The second kappa shape index (κ2) is 5.34. The van der Waals surface area contributed by atoms with Crippen LogP contribution in [0.4, 0.5) is 0 Å². The highest BCUT2D eigenvalue weighted by atomic mass is 35.5. The highest BCUT2D eigenvalue weighted by Crippen LogP contribution is 2.29. The first kappa shape index (κ1) is 12.1. The van der Waals surface area contributed by atoms with E-state index in [1.54, 1.807) is 11.3 Å². The average molecular weight is 267 g/mol. The molecule has 0 fully saturated rings. The minimum Gasteiger partial charge on any atom is -0.469 e. The maximum atomic E-state index is 11.1. The molecule has 0 aliphatic carbocycles. The predicted octanol–water partition coefficient (Wildman–Crippen LogP) is 3.78. The smallest absolute Gasteiger partial charge is 0.310 e. The second-order valence-corrected chi connectivity index (χ2v) is 4.93. The quantitative estimate of drug-likeness (QED) is 0.790. The van der Waals surface area contributed by atoms with Crippen LogP contribution < -0.4 is 0 Å². The van der Waals surface area contributed by atoms with Crippen molar-refractivity contribution in [3.63, 3.8) is 0 Å². The molecule has 0 amide bonds. The molecule has 88 valence electrons. The molecule has 2 nitrogen and oxygen atoms in total. The van der Waals surface area contributed by atoms with E-state index in [1.807, 2.05) is 35.7 Å². The number of carbonyl (C=O) groups excluding carboxylic acids is 1. The van der Waals surface area contributed by atoms with E-state index in [-0.39, 0.29) is 5.97 Å². The second-order valence-electron chi connectivity index (χ2n) is 3.58. The van der Waals surface area contributed by atoms with E-state index >= 15 is 0 Å². The Hall–Kier alpha value is -1.32. The van der Waals surface area contributed by atoms with Gasteiger partial charge in [0.2, 0.25) is 0 Å². The number of hydrogen-bond donors (Lipinski definition) is 0. The third-order valence-electron chi connectivity index (χ3n) is 2.34. The van der Waals surface area contributed by atoms with Gasteiger partial charge in [0.15, 0.2) is 0 Å². The van der Waals surface area contributed by atoms with E-state index < -0.39 is 0 Å². The lowest BCUT2D eigenvalue weighted by atomic mass is 10.1. The molecule has 0 N–H and O–H groups in total. The molecule has 0 saturated carbocycles. The summed E-state index contributed by atoms with van der Waals surface area (Å²) in [5.74, 6) is -0.222. The maximum absolute atomic E-state index is 11.1. The fourth-order valence-corrected chi connectivity index (χ4v) is 2.60. The van der Waals surface area contributed by atoms with E-state index in [1.165, 1.54) is 7.11 Å². The summed E-state index contributed by atoms with van der Waals surface area (Å²) in [5, 5.41) is 2.68. The number of thiophene rings is 1. The number of methoxy groups -OCH3 is 1. The topological polar surface area (TPSA) is 26.3 Å². The monoisotopic (exact) mass is 266 g/mol. The van der Waals surface area contributed by atoms with Gasteiger partial charge in [-0.25, -0.2) is 0 Å². The van der Waals surface area contributed by atoms with Crippen molar-refractivity contribution in [2.24, 2.45) is 0 Å². The molecule has 0 saturated heterocycles. The molecule has 0 spiro atoms. The largest absolute Gasteiger partial charge is 0.469 e. The first-order valence-electron chi connectivity index (χ1n) is 5.09. The van der Waals surface area contributed by atoms with Gasteiger partial charge in [0, 0.05) is 9.90 Å². The van der Waals surface area contributed by atoms with Crippen LogP contribution in [-0.2, 0) is 16.0 Å². The van der Waals surface area contributed by atoms with E-state index in [4.69, 9.17) is 11.6 Å². The molecule has 0 bridgehead atoms. The van der Waals surface area contributed by atoms with Crippen LogP contribution >= 0.6 is 22.9 Å². The molecule has 1 aromatic heterocycles. The molecule has 1 aromatic carbocycles. The summed E-state index contributed by atoms with van der Waals surface area (Å²) in [6.07, 6.45) is 0.313. The zero-order chi connectivity index (χ0) is 12.3. The lowest BCUT2D eigenvalue weighted by Crippen LogP contribution is -2.03. The number of benzene rings is 1. The molecule has 4 heteroatoms. The summed E-state index contributed by atoms with van der Waals surface area (Å²) in [4.78, 5) is 12.2. The standard InChI is InChI=1S/C13H11ClO2S/c1-16-13(15)6-9-5-12(17-8-9)10-3-2-4-11(14)7-10/h2-5,7-8H,6H2,1H3. The van der Waals surface area contributed by atoms with Crippen LogP contribution in [0.3, 0.4) is 0 Å². The van der Waals surface area contributed by atoms with Gasteiger partial charge in [-0.3, -0.25) is 4.79 Å². The molecule has 0 unspecified atom stereocenters. The van der Waals surface area contributed by atoms with Gasteiger partial charge < -0.3 is 4.74 Å². The van der Waals surface area contributed by atoms with Crippen molar-refractivity contribution in [1.29, 1.82) is 0 Å². The highest BCUT2D eigenvalue weighted by Gasteiger charge is 2.07. The summed E-state index contributed by atoms with van der Waals surface area (Å²) in [6.45, 7) is 0. The molecular formula is C13H11ClO2S. The Morgan fingerprint density at radius 2 is 2.24 bits per heavy atom. The van der Waals surface area contributed by atoms with Gasteiger partial charge in [-0.05, 0) is 34.7 Å². The number of halogens is 1. The third kappa shape index (κ3) is 3.08. The lowest BCUT2D eigenvalue weighted by molar-refractivity contribution is -0.139. The molecule has 0 aliphatic heterocycles. The predicted molar refractivity (Wildman–Crippen MR) is 70.5 cm³/mol. The van der Waals surface area contributed by atoms with Crippen molar-refractivity contribution in [3.05, 3.63) is 46.3 Å². The molecule has 0 aliphatic rings. The fraction of sp³-hybridized carbons (Fsp3) is 0.154. The normalized spacial score (nSPS) is 10.2. The minimum atomic E-state index is -0.222. The molecule has 2 rings (SSSR count). The number of carbonyl (C=O) groups is 1. The number of hydrogen-bond acceptors (Lipinski definition) is 3. The Kier molecular flexibility index (Phi) is 3.82. The first-order valence-corrected chi connectivity index (χ1v) is 6.35. The van der Waals surface area contributed by atoms with Crippen molar-refractivity contribution in [1.82, 2.24) is 0 Å². The van der Waals surface area contributed by atoms with Gasteiger partial charge in [-0.15, -0.1) is 11.3 Å². The lowest BCUT2D eigenvalue weighted by Gasteiger charge is -1.97. The van der Waals surface area contributed by atoms with E-state index in [2.05, 4.69) is 4.74 Å². The molecule has 0 radical (unpaired) electrons. The highest BCUT2D eigenvalue weighted by molar-refractivity contribution is 7.13. The van der Waals surface area contributed by atoms with Crippen LogP contribution in [0.25, 0.3) is 10.4 Å². The van der Waals surface area contributed by atoms with Crippen LogP contribution in [0.1, 0.15) is 5.56 Å². The van der Waals surface area contributed by atoms with Gasteiger partial charge in [-0.1, -0.05) is 23.7 Å². The van der Waals surface area contributed by atoms with Crippen molar-refractivity contribution in [2.75, 3.05) is 7.11 Å². The SMILES string of the molecule is COC(=O)Cc1csc(-c2cccc(Cl)c2)c1. The molecule has 17 heavy (non-hydrogen) atoms. The Balaban J connectivity index is 2.21. The number of rotatable bonds is 3. The van der Waals surface area contributed by atoms with Crippen molar-refractivity contribution in [3.8, 4) is 10.4 Å². The number of ether oxygens (including phenoxy) is 1. The Bertz CT molecular complexity index is 534. The average Bonchev–Trinajstić information content (AvgIpc) is 2.77. The summed E-state index contributed by atoms with van der Waals surface area (Å²) in [7, 11) is 1.40. The Morgan fingerprint density at radius 1 is 1.41 bits per heavy atom. The molecular weight excluding hydrogens is 256 g/mol. The zero-order valence-electron chi connectivity index (χ0n) is 9.27. The van der Waals surface area contributed by atoms with Crippen LogP contribution in [0.5, 0.6) is 0 Å². The third-order valence-corrected chi connectivity index (χ3v) is 3.60. The van der Waals surface area contributed by atoms with Gasteiger partial charge in [0.05, 0.1) is 13.5 Å². The van der Waals surface area contributed by atoms with Crippen molar-refractivity contribution in [2.45, 2.75) is 6.42 Å². The van der Waals surface area contributed by atoms with Crippen LogP contribution in [0.15, 0.2) is 35.7 Å². The van der Waals surface area contributed by atoms with Crippen LogP contribution in [-0.4, -0.2) is 13.1 Å². The van der Waals surface area contributed by atoms with Gasteiger partial charge in [-0.2, -0.15) is 0 Å². The van der Waals surface area contributed by atoms with Crippen LogP contribution in [0, 0.1) is 0 Å². The Labute approximate surface area is 109 Å². The van der Waals surface area contributed by atoms with Gasteiger partial charge in [0.25, 0.3) is 0 Å². The summed E-state index contributed by atoms with van der Waals surface area (Å²) in [6, 6.07) is 9.66. The fourth-order valence-electron chi connectivity index (χ4n) is 1.50. The van der Waals surface area contributed by atoms with Gasteiger partial charge in [0.1, 0.15) is 0 Å². The summed E-state index contributed by atoms with van der Waals surface area (Å²) < 4.78 is 4.63. The van der Waals surface area contributed by atoms with Crippen molar-refractivity contribution < 1.29 is 9.53 Å². The minimum absolute atomic E-state index is 0.222. The van der Waals surface area contributed by atoms with Crippen LogP contribution in [0.2, 0.25) is 5.02 Å². The van der Waals surface area contributed by atoms with Crippen molar-refractivity contribution >= 4 is 28.9 Å². The maximum Gasteiger partial charge on any atom is 0.310 e. The van der Waals surface area contributed by atoms with Gasteiger partial charge >= 0.3 is 5.97 Å². The molecule has 0 atom stereocenters.